The highest BCUT2D eigenvalue weighted by atomic mass is 15.0. The van der Waals surface area contributed by atoms with Crippen LogP contribution in [0, 0.1) is 0 Å². The highest BCUT2D eigenvalue weighted by Gasteiger charge is 2.19. The second-order valence-corrected chi connectivity index (χ2v) is 14.0. The Morgan fingerprint density at radius 2 is 0.964 bits per heavy atom. The average Bonchev–Trinajstić information content (AvgIpc) is 3.87. The lowest BCUT2D eigenvalue weighted by Crippen LogP contribution is -1.97. The van der Waals surface area contributed by atoms with Gasteiger partial charge in [-0.15, -0.1) is 0 Å². The Kier molecular flexibility index (Phi) is 6.01. The third-order valence-corrected chi connectivity index (χ3v) is 10.8. The molecule has 0 saturated carbocycles. The summed E-state index contributed by atoms with van der Waals surface area (Å²) in [6.07, 6.45) is 0. The van der Waals surface area contributed by atoms with Gasteiger partial charge in [-0.1, -0.05) is 170 Å². The maximum Gasteiger partial charge on any atom is 0.0645 e. The van der Waals surface area contributed by atoms with Crippen LogP contribution in [0.25, 0.3) is 99.5 Å². The van der Waals surface area contributed by atoms with E-state index in [1.54, 1.807) is 4.57 Å². The first-order chi connectivity index (χ1) is 30.7. The number of rotatable bonds is 6. The van der Waals surface area contributed by atoms with E-state index >= 15 is 0 Å². The lowest BCUT2D eigenvalue weighted by molar-refractivity contribution is 1.18. The molecule has 56 heavy (non-hydrogen) atoms. The highest BCUT2D eigenvalue weighted by molar-refractivity contribution is 6.15. The SMILES string of the molecule is [2H]c1c([2H])c([2H])c2c(c1[2H])c1c([2H])c(-c3ccc4c(c3)c3cccc(-c5ccccc5)c3n4-c3cccc(-c4ccccc4)c3)c([2H])c([2H])c1n2-c1ccccc1-c1ccccc1. The molecule has 11 aromatic rings. The fourth-order valence-corrected chi connectivity index (χ4v) is 8.23. The van der Waals surface area contributed by atoms with Gasteiger partial charge in [0.05, 0.1) is 37.3 Å². The molecule has 0 atom stereocenters. The standard InChI is InChI=1S/C54H36N2/c1-4-16-37(17-5-1)40-22-14-23-43(34-40)55-52-32-30-42(36-49(52)47-27-15-26-45(54(47)55)39-20-8-3-9-21-39)41-31-33-53-48(35-41)46-25-11-13-29-51(46)56(53)50-28-12-10-24-44(50)38-18-6-2-7-19-38/h1-36H/i11D,13D,25D,29D,31D,33D,35D. The lowest BCUT2D eigenvalue weighted by atomic mass is 9.99. The molecule has 0 unspecified atom stereocenters. The Morgan fingerprint density at radius 1 is 0.339 bits per heavy atom. The summed E-state index contributed by atoms with van der Waals surface area (Å²) < 4.78 is 69.3. The molecule has 0 radical (unpaired) electrons. The predicted molar refractivity (Wildman–Crippen MR) is 237 cm³/mol. The molecule has 0 aliphatic carbocycles. The Morgan fingerprint density at radius 3 is 1.77 bits per heavy atom. The van der Waals surface area contributed by atoms with E-state index in [1.807, 2.05) is 109 Å². The molecule has 262 valence electrons. The molecule has 0 aliphatic rings. The molecule has 0 N–H and O–H groups in total. The molecule has 0 fully saturated rings. The molecule has 0 aliphatic heterocycles. The third-order valence-electron chi connectivity index (χ3n) is 10.8. The lowest BCUT2D eigenvalue weighted by Gasteiger charge is -2.14. The number of para-hydroxylation sites is 3. The van der Waals surface area contributed by atoms with Crippen molar-refractivity contribution in [3.8, 4) is 55.9 Å². The first kappa shape index (κ1) is 25.6. The summed E-state index contributed by atoms with van der Waals surface area (Å²) >= 11 is 0. The van der Waals surface area contributed by atoms with Gasteiger partial charge in [0.2, 0.25) is 0 Å². The van der Waals surface area contributed by atoms with Gasteiger partial charge < -0.3 is 9.13 Å². The van der Waals surface area contributed by atoms with Gasteiger partial charge in [-0.2, -0.15) is 0 Å². The molecule has 0 spiro atoms. The average molecular weight is 720 g/mol. The van der Waals surface area contributed by atoms with Gasteiger partial charge in [-0.25, -0.2) is 0 Å². The van der Waals surface area contributed by atoms with E-state index in [0.29, 0.717) is 11.3 Å². The van der Waals surface area contributed by atoms with Crippen LogP contribution >= 0.6 is 0 Å². The topological polar surface area (TPSA) is 9.86 Å². The summed E-state index contributed by atoms with van der Waals surface area (Å²) in [5, 5.41) is 2.22. The maximum atomic E-state index is 9.97. The quantitative estimate of drug-likeness (QED) is 0.162. The summed E-state index contributed by atoms with van der Waals surface area (Å²) in [6.45, 7) is 0. The molecule has 2 heteroatoms. The summed E-state index contributed by atoms with van der Waals surface area (Å²) in [6, 6.07) is 56.6. The van der Waals surface area contributed by atoms with Crippen LogP contribution in [-0.4, -0.2) is 9.13 Å². The minimum atomic E-state index is -0.426. The molecular weight excluding hydrogens is 677 g/mol. The van der Waals surface area contributed by atoms with Crippen LogP contribution in [0.1, 0.15) is 9.60 Å². The molecule has 0 amide bonds. The van der Waals surface area contributed by atoms with Crippen molar-refractivity contribution in [1.82, 2.24) is 9.13 Å². The van der Waals surface area contributed by atoms with Crippen LogP contribution in [0.5, 0.6) is 0 Å². The molecular formula is C54H36N2. The van der Waals surface area contributed by atoms with Crippen LogP contribution < -0.4 is 0 Å². The molecule has 11 rings (SSSR count). The fourth-order valence-electron chi connectivity index (χ4n) is 8.23. The summed E-state index contributed by atoms with van der Waals surface area (Å²) in [5.74, 6) is 0. The molecule has 0 saturated heterocycles. The van der Waals surface area contributed by atoms with Gasteiger partial charge in [0.25, 0.3) is 0 Å². The Balaban J connectivity index is 1.22. The predicted octanol–water partition coefficient (Wildman–Crippen LogP) is 14.5. The zero-order valence-corrected chi connectivity index (χ0v) is 30.1. The van der Waals surface area contributed by atoms with Crippen LogP contribution in [-0.2, 0) is 0 Å². The normalized spacial score (nSPS) is 13.3. The van der Waals surface area contributed by atoms with E-state index in [2.05, 4.69) is 71.3 Å². The van der Waals surface area contributed by atoms with Gasteiger partial charge in [-0.3, -0.25) is 0 Å². The summed E-state index contributed by atoms with van der Waals surface area (Å²) in [4.78, 5) is 0. The monoisotopic (exact) mass is 719 g/mol. The number of benzene rings is 9. The zero-order chi connectivity index (χ0) is 43.1. The van der Waals surface area contributed by atoms with Crippen molar-refractivity contribution in [2.45, 2.75) is 0 Å². The molecule has 2 nitrogen and oxygen atoms in total. The van der Waals surface area contributed by atoms with Crippen molar-refractivity contribution >= 4 is 43.6 Å². The second kappa shape index (κ2) is 13.2. The van der Waals surface area contributed by atoms with Crippen molar-refractivity contribution < 1.29 is 9.60 Å². The van der Waals surface area contributed by atoms with Crippen LogP contribution in [0.3, 0.4) is 0 Å². The van der Waals surface area contributed by atoms with Crippen molar-refractivity contribution in [3.05, 3.63) is 218 Å². The van der Waals surface area contributed by atoms with Crippen molar-refractivity contribution in [2.75, 3.05) is 0 Å². The number of fused-ring (bicyclic) bond motifs is 6. The molecule has 2 heterocycles. The van der Waals surface area contributed by atoms with Crippen molar-refractivity contribution in [3.63, 3.8) is 0 Å². The highest BCUT2D eigenvalue weighted by Crippen LogP contribution is 2.42. The smallest absolute Gasteiger partial charge is 0.0645 e. The van der Waals surface area contributed by atoms with E-state index in [9.17, 15) is 6.85 Å². The first-order valence-corrected chi connectivity index (χ1v) is 18.7. The van der Waals surface area contributed by atoms with Crippen molar-refractivity contribution in [1.29, 1.82) is 0 Å². The van der Waals surface area contributed by atoms with Crippen LogP contribution in [0.2, 0.25) is 0 Å². The van der Waals surface area contributed by atoms with E-state index in [4.69, 9.17) is 2.74 Å². The molecule has 0 bridgehead atoms. The van der Waals surface area contributed by atoms with Crippen molar-refractivity contribution in [2.24, 2.45) is 0 Å². The minimum Gasteiger partial charge on any atom is -0.309 e. The first-order valence-electron chi connectivity index (χ1n) is 22.2. The van der Waals surface area contributed by atoms with Gasteiger partial charge in [0.1, 0.15) is 0 Å². The number of aromatic nitrogens is 2. The third kappa shape index (κ3) is 5.19. The summed E-state index contributed by atoms with van der Waals surface area (Å²) in [5.41, 5.74) is 10.5. The Labute approximate surface area is 335 Å². The zero-order valence-electron chi connectivity index (χ0n) is 37.1. The van der Waals surface area contributed by atoms with Gasteiger partial charge >= 0.3 is 0 Å². The molecule has 2 aromatic heterocycles. The van der Waals surface area contributed by atoms with Gasteiger partial charge in [-0.05, 0) is 81.8 Å². The number of hydrogen-bond donors (Lipinski definition) is 0. The Bertz CT molecular complexity index is 3630. The van der Waals surface area contributed by atoms with Gasteiger partial charge in [0.15, 0.2) is 0 Å². The number of hydrogen-bond acceptors (Lipinski definition) is 0. The van der Waals surface area contributed by atoms with E-state index in [0.717, 1.165) is 60.9 Å². The van der Waals surface area contributed by atoms with Gasteiger partial charge in [0, 0.05) is 38.4 Å². The maximum absolute atomic E-state index is 9.97. The van der Waals surface area contributed by atoms with Crippen LogP contribution in [0.15, 0.2) is 218 Å². The van der Waals surface area contributed by atoms with Crippen LogP contribution in [0.4, 0.5) is 0 Å². The second-order valence-electron chi connectivity index (χ2n) is 14.0. The fraction of sp³-hybridized carbons (Fsp3) is 0. The largest absolute Gasteiger partial charge is 0.309 e. The van der Waals surface area contributed by atoms with E-state index in [-0.39, 0.29) is 57.6 Å². The Hall–Kier alpha value is -7.42. The summed E-state index contributed by atoms with van der Waals surface area (Å²) in [7, 11) is 0. The van der Waals surface area contributed by atoms with E-state index in [1.165, 1.54) is 0 Å². The number of nitrogens with zero attached hydrogens (tertiary/aromatic N) is 2. The minimum absolute atomic E-state index is 0.0828. The molecule has 9 aromatic carbocycles. The van der Waals surface area contributed by atoms with E-state index < -0.39 is 12.1 Å².